The van der Waals surface area contributed by atoms with Gasteiger partial charge in [-0.05, 0) is 66.4 Å². The van der Waals surface area contributed by atoms with E-state index in [4.69, 9.17) is 17.3 Å². The third-order valence-electron chi connectivity index (χ3n) is 5.07. The van der Waals surface area contributed by atoms with Crippen molar-refractivity contribution >= 4 is 72.3 Å². The topological polar surface area (TPSA) is 130 Å². The van der Waals surface area contributed by atoms with Crippen LogP contribution in [0.2, 0.25) is 5.02 Å². The third kappa shape index (κ3) is 6.48. The number of alkyl halides is 3. The first kappa shape index (κ1) is 27.5. The van der Waals surface area contributed by atoms with E-state index in [1.165, 1.54) is 36.1 Å². The molecule has 0 radical (unpaired) electrons. The maximum atomic E-state index is 13.1. The van der Waals surface area contributed by atoms with E-state index in [0.29, 0.717) is 16.1 Å². The molecule has 4 rings (SSSR count). The Hall–Kier alpha value is -3.52. The molecule has 0 saturated carbocycles. The Labute approximate surface area is 224 Å². The zero-order valence-corrected chi connectivity index (χ0v) is 22.3. The maximum Gasteiger partial charge on any atom is 0.417 e. The number of anilines is 3. The summed E-state index contributed by atoms with van der Waals surface area (Å²) in [7, 11) is -2.69. The number of halogens is 4. The minimum absolute atomic E-state index is 0.0750. The van der Waals surface area contributed by atoms with Crippen LogP contribution in [0.4, 0.5) is 35.2 Å². The number of nitrogens with two attached hydrogens (primary N) is 1. The van der Waals surface area contributed by atoms with Crippen LogP contribution < -0.4 is 16.4 Å². The van der Waals surface area contributed by atoms with Crippen LogP contribution in [0, 0.1) is 0 Å². The Morgan fingerprint density at radius 3 is 2.39 bits per heavy atom. The summed E-state index contributed by atoms with van der Waals surface area (Å²) in [5.41, 5.74) is 6.01. The van der Waals surface area contributed by atoms with Crippen LogP contribution in [-0.2, 0) is 16.3 Å². The number of hydrogen-bond donors (Lipinski definition) is 5. The van der Waals surface area contributed by atoms with Gasteiger partial charge in [0, 0.05) is 32.7 Å². The van der Waals surface area contributed by atoms with Crippen LogP contribution in [0.1, 0.15) is 15.9 Å². The molecule has 4 aromatic rings. The molecule has 0 aliphatic rings. The van der Waals surface area contributed by atoms with Crippen LogP contribution in [0.15, 0.2) is 59.1 Å². The summed E-state index contributed by atoms with van der Waals surface area (Å²) in [5.74, 6) is -0.397. The van der Waals surface area contributed by atoms with Gasteiger partial charge < -0.3 is 20.9 Å². The molecule has 0 aliphatic heterocycles. The highest BCUT2D eigenvalue weighted by molar-refractivity contribution is 7.98. The molecule has 14 heteroatoms. The van der Waals surface area contributed by atoms with Crippen LogP contribution >= 0.6 is 22.9 Å². The second kappa shape index (κ2) is 10.3. The average Bonchev–Trinajstić information content (AvgIpc) is 3.22. The largest absolute Gasteiger partial charge is 0.417 e. The smallest absolute Gasteiger partial charge is 0.383 e. The van der Waals surface area contributed by atoms with Gasteiger partial charge in [-0.3, -0.25) is 4.79 Å². The van der Waals surface area contributed by atoms with Crippen LogP contribution in [0.5, 0.6) is 0 Å². The van der Waals surface area contributed by atoms with Crippen molar-refractivity contribution in [2.75, 3.05) is 28.9 Å². The Morgan fingerprint density at radius 2 is 1.74 bits per heavy atom. The average molecular weight is 584 g/mol. The summed E-state index contributed by atoms with van der Waals surface area (Å²) in [6.07, 6.45) is -0.385. The number of thiol groups is 1. The Balaban J connectivity index is 1.56. The fraction of sp³-hybridized carbons (Fsp3) is 0.125. The van der Waals surface area contributed by atoms with E-state index in [2.05, 4.69) is 20.0 Å². The van der Waals surface area contributed by atoms with E-state index in [-0.39, 0.29) is 17.1 Å². The van der Waals surface area contributed by atoms with E-state index >= 15 is 0 Å². The van der Waals surface area contributed by atoms with Gasteiger partial charge in [-0.25, -0.2) is 9.78 Å². The third-order valence-corrected chi connectivity index (χ3v) is 7.22. The molecule has 2 aromatic heterocycles. The van der Waals surface area contributed by atoms with E-state index in [1.54, 1.807) is 30.3 Å². The molecule has 8 nitrogen and oxygen atoms in total. The van der Waals surface area contributed by atoms with Crippen LogP contribution in [-0.4, -0.2) is 34.0 Å². The number of urea groups is 1. The van der Waals surface area contributed by atoms with Crippen molar-refractivity contribution in [3.05, 3.63) is 70.9 Å². The summed E-state index contributed by atoms with van der Waals surface area (Å²) in [6, 6.07) is 10.8. The molecule has 3 amide bonds. The maximum absolute atomic E-state index is 13.1. The zero-order valence-electron chi connectivity index (χ0n) is 19.8. The van der Waals surface area contributed by atoms with Gasteiger partial charge in [0.15, 0.2) is 0 Å². The lowest BCUT2D eigenvalue weighted by molar-refractivity contribution is -0.137. The molecule has 0 spiro atoms. The number of aromatic nitrogens is 1. The first-order chi connectivity index (χ1) is 17.7. The molecular weight excluding hydrogens is 563 g/mol. The molecule has 0 fully saturated rings. The summed E-state index contributed by atoms with van der Waals surface area (Å²) in [4.78, 5) is 29.6. The van der Waals surface area contributed by atoms with Gasteiger partial charge >= 0.3 is 12.2 Å². The summed E-state index contributed by atoms with van der Waals surface area (Å²) in [5, 5.41) is 5.23. The normalized spacial score (nSPS) is 12.3. The number of carbonyl (C=O) groups is 2. The summed E-state index contributed by atoms with van der Waals surface area (Å²) in [6.45, 7) is 0. The van der Waals surface area contributed by atoms with Gasteiger partial charge in [0.2, 0.25) is 0 Å². The lowest BCUT2D eigenvalue weighted by Crippen LogP contribution is -2.19. The molecule has 2 aromatic carbocycles. The van der Waals surface area contributed by atoms with Gasteiger partial charge in [0.25, 0.3) is 5.91 Å². The van der Waals surface area contributed by atoms with Gasteiger partial charge in [-0.2, -0.15) is 17.5 Å². The van der Waals surface area contributed by atoms with Crippen molar-refractivity contribution in [3.63, 3.8) is 0 Å². The number of thiophene rings is 1. The number of nitrogens with one attached hydrogen (secondary N) is 2. The highest BCUT2D eigenvalue weighted by Crippen LogP contribution is 2.38. The number of hydrogen-bond acceptors (Lipinski definition) is 5. The molecule has 2 heterocycles. The molecule has 38 heavy (non-hydrogen) atoms. The fourth-order valence-electron chi connectivity index (χ4n) is 3.44. The second-order valence-corrected chi connectivity index (χ2v) is 12.9. The minimum Gasteiger partial charge on any atom is -0.383 e. The Bertz CT molecular complexity index is 1620. The number of pyridine rings is 1. The number of fused-ring (bicyclic) bond motifs is 1. The lowest BCUT2D eigenvalue weighted by atomic mass is 10.1. The number of benzene rings is 2. The highest BCUT2D eigenvalue weighted by atomic mass is 35.5. The summed E-state index contributed by atoms with van der Waals surface area (Å²) >= 11 is 7.00. The van der Waals surface area contributed by atoms with Crippen molar-refractivity contribution in [3.8, 4) is 10.4 Å². The number of carbonyl (C=O) groups excluding carboxylic acids is 2. The van der Waals surface area contributed by atoms with E-state index < -0.39 is 38.8 Å². The fourth-order valence-corrected chi connectivity index (χ4v) is 5.29. The molecule has 0 saturated heterocycles. The van der Waals surface area contributed by atoms with E-state index in [0.717, 1.165) is 22.2 Å². The van der Waals surface area contributed by atoms with Crippen molar-refractivity contribution in [2.45, 2.75) is 6.18 Å². The molecule has 0 bridgehead atoms. The highest BCUT2D eigenvalue weighted by Gasteiger charge is 2.33. The van der Waals surface area contributed by atoms with Gasteiger partial charge in [-0.1, -0.05) is 11.6 Å². The van der Waals surface area contributed by atoms with Crippen molar-refractivity contribution < 1.29 is 27.3 Å². The standard InChI is InChI=1S/C24H21ClF3N5O3S2/c1-38(2,36)33-22(34)13-8-16(21(29)30-11-13)20-9-12-7-14(4-6-19(12)37-20)31-23(35)32-15-3-5-18(25)17(10-15)24(26,27)28/h3-11,38H,1-2H3,(H2,29,30)(H2,31,32,35)(H,33,34,36). The first-order valence-electron chi connectivity index (χ1n) is 10.8. The number of rotatable bonds is 4. The SMILES string of the molecule is C[SH](C)(O)=NC(=O)c1cnc(N)c(-c2cc3cc(NC(=O)Nc4ccc(Cl)c(C(F)(F)F)c4)ccc3s2)c1. The van der Waals surface area contributed by atoms with Crippen molar-refractivity contribution in [2.24, 2.45) is 4.36 Å². The van der Waals surface area contributed by atoms with Crippen LogP contribution in [0.25, 0.3) is 20.5 Å². The molecule has 0 aliphatic carbocycles. The number of nitrogens with zero attached hydrogens (tertiary/aromatic N) is 2. The van der Waals surface area contributed by atoms with Gasteiger partial charge in [-0.15, -0.1) is 21.4 Å². The molecule has 5 N–H and O–H groups in total. The summed E-state index contributed by atoms with van der Waals surface area (Å²) < 4.78 is 53.8. The molecular formula is C24H21ClF3N5O3S2. The van der Waals surface area contributed by atoms with Gasteiger partial charge in [0.1, 0.15) is 5.82 Å². The Morgan fingerprint density at radius 1 is 1.08 bits per heavy atom. The predicted molar refractivity (Wildman–Crippen MR) is 149 cm³/mol. The monoisotopic (exact) mass is 583 g/mol. The van der Waals surface area contributed by atoms with Crippen molar-refractivity contribution in [1.29, 1.82) is 0 Å². The predicted octanol–water partition coefficient (Wildman–Crippen LogP) is 6.80. The quantitative estimate of drug-likeness (QED) is 0.169. The molecule has 0 atom stereocenters. The van der Waals surface area contributed by atoms with Crippen LogP contribution in [0.3, 0.4) is 0 Å². The van der Waals surface area contributed by atoms with E-state index in [9.17, 15) is 27.3 Å². The lowest BCUT2D eigenvalue weighted by Gasteiger charge is -2.12. The first-order valence-corrected chi connectivity index (χ1v) is 14.6. The number of amides is 3. The second-order valence-electron chi connectivity index (χ2n) is 8.53. The molecule has 200 valence electrons. The number of nitrogen functional groups attached to an aromatic ring is 1. The Kier molecular flexibility index (Phi) is 7.48. The van der Waals surface area contributed by atoms with E-state index in [1.807, 2.05) is 0 Å². The molecule has 0 unspecified atom stereocenters. The zero-order chi connectivity index (χ0) is 27.8. The van der Waals surface area contributed by atoms with Gasteiger partial charge in [0.05, 0.1) is 16.1 Å². The van der Waals surface area contributed by atoms with Crippen molar-refractivity contribution in [1.82, 2.24) is 4.98 Å². The minimum atomic E-state index is -4.66.